The number of amides is 1. The molecule has 25 heavy (non-hydrogen) atoms. The Labute approximate surface area is 153 Å². The lowest BCUT2D eigenvalue weighted by Gasteiger charge is -2.60. The summed E-state index contributed by atoms with van der Waals surface area (Å²) in [5.74, 6) is 1.70. The second-order valence-electron chi connectivity index (χ2n) is 8.46. The topological polar surface area (TPSA) is 58.6 Å². The number of ether oxygens (including phenoxy) is 1. The van der Waals surface area contributed by atoms with Gasteiger partial charge in [-0.3, -0.25) is 4.79 Å². The van der Waals surface area contributed by atoms with Crippen LogP contribution in [0.2, 0.25) is 5.02 Å². The first-order chi connectivity index (χ1) is 11.9. The molecule has 0 aromatic heterocycles. The van der Waals surface area contributed by atoms with Crippen molar-refractivity contribution < 1.29 is 14.6 Å². The summed E-state index contributed by atoms with van der Waals surface area (Å²) < 4.78 is 5.59. The summed E-state index contributed by atoms with van der Waals surface area (Å²) >= 11 is 6.20. The number of para-hydroxylation sites is 1. The summed E-state index contributed by atoms with van der Waals surface area (Å²) in [4.78, 5) is 12.8. The van der Waals surface area contributed by atoms with Gasteiger partial charge in [-0.25, -0.2) is 0 Å². The van der Waals surface area contributed by atoms with Crippen molar-refractivity contribution in [3.05, 3.63) is 23.2 Å². The van der Waals surface area contributed by atoms with Crippen LogP contribution in [0.4, 0.5) is 5.69 Å². The van der Waals surface area contributed by atoms with Gasteiger partial charge in [-0.1, -0.05) is 17.7 Å². The SMILES string of the molecule is CCOc1c(Cl)cccc1NC(=O)CC12CC3CC(CC(O)(C3)C1)C2. The third-order valence-corrected chi connectivity index (χ3v) is 6.51. The van der Waals surface area contributed by atoms with Crippen LogP contribution >= 0.6 is 11.6 Å². The van der Waals surface area contributed by atoms with Gasteiger partial charge in [0.1, 0.15) is 0 Å². The Morgan fingerprint density at radius 3 is 2.68 bits per heavy atom. The van der Waals surface area contributed by atoms with Gasteiger partial charge in [0, 0.05) is 6.42 Å². The smallest absolute Gasteiger partial charge is 0.225 e. The van der Waals surface area contributed by atoms with Crippen molar-refractivity contribution in [2.75, 3.05) is 11.9 Å². The van der Waals surface area contributed by atoms with Gasteiger partial charge in [0.05, 0.1) is 22.9 Å². The average molecular weight is 364 g/mol. The van der Waals surface area contributed by atoms with Crippen LogP contribution in [0.1, 0.15) is 51.9 Å². The summed E-state index contributed by atoms with van der Waals surface area (Å²) in [5, 5.41) is 14.3. The molecule has 4 bridgehead atoms. The fraction of sp³-hybridized carbons (Fsp3) is 0.650. The van der Waals surface area contributed by atoms with E-state index in [0.29, 0.717) is 41.3 Å². The van der Waals surface area contributed by atoms with Crippen LogP contribution in [-0.4, -0.2) is 23.2 Å². The van der Waals surface area contributed by atoms with Crippen LogP contribution in [-0.2, 0) is 4.79 Å². The number of halogens is 1. The van der Waals surface area contributed by atoms with Crippen molar-refractivity contribution in [2.45, 2.75) is 57.5 Å². The van der Waals surface area contributed by atoms with Crippen molar-refractivity contribution in [1.82, 2.24) is 0 Å². The molecular formula is C20H26ClNO3. The minimum absolute atomic E-state index is 0.00577. The third kappa shape index (κ3) is 3.26. The van der Waals surface area contributed by atoms with E-state index in [2.05, 4.69) is 5.32 Å². The molecule has 4 aliphatic carbocycles. The molecule has 0 spiro atoms. The van der Waals surface area contributed by atoms with Gasteiger partial charge in [0.2, 0.25) is 5.91 Å². The second kappa shape index (κ2) is 6.17. The molecule has 4 saturated carbocycles. The number of rotatable bonds is 5. The van der Waals surface area contributed by atoms with Crippen molar-refractivity contribution in [1.29, 1.82) is 0 Å². The van der Waals surface area contributed by atoms with E-state index in [0.717, 1.165) is 32.1 Å². The Morgan fingerprint density at radius 2 is 2.04 bits per heavy atom. The van der Waals surface area contributed by atoms with Gasteiger partial charge in [-0.15, -0.1) is 0 Å². The van der Waals surface area contributed by atoms with E-state index in [9.17, 15) is 9.90 Å². The monoisotopic (exact) mass is 363 g/mol. The number of carbonyl (C=O) groups excluding carboxylic acids is 1. The molecule has 4 fully saturated rings. The molecule has 0 heterocycles. The highest BCUT2D eigenvalue weighted by molar-refractivity contribution is 6.32. The van der Waals surface area contributed by atoms with Gasteiger partial charge < -0.3 is 15.2 Å². The summed E-state index contributed by atoms with van der Waals surface area (Å²) in [6, 6.07) is 5.40. The zero-order valence-corrected chi connectivity index (χ0v) is 15.4. The molecule has 4 nitrogen and oxygen atoms in total. The molecule has 0 saturated heterocycles. The van der Waals surface area contributed by atoms with Gasteiger partial charge in [0.25, 0.3) is 0 Å². The van der Waals surface area contributed by atoms with Crippen LogP contribution in [0, 0.1) is 17.3 Å². The molecule has 5 heteroatoms. The zero-order chi connectivity index (χ0) is 17.7. The summed E-state index contributed by atoms with van der Waals surface area (Å²) in [5.41, 5.74) is 0.0623. The van der Waals surface area contributed by atoms with Crippen LogP contribution in [0.15, 0.2) is 18.2 Å². The van der Waals surface area contributed by atoms with Crippen molar-refractivity contribution in [3.8, 4) is 5.75 Å². The molecule has 0 radical (unpaired) electrons. The molecule has 5 rings (SSSR count). The van der Waals surface area contributed by atoms with Crippen LogP contribution < -0.4 is 10.1 Å². The molecular weight excluding hydrogens is 338 g/mol. The van der Waals surface area contributed by atoms with Crippen molar-refractivity contribution in [3.63, 3.8) is 0 Å². The van der Waals surface area contributed by atoms with Crippen LogP contribution in [0.5, 0.6) is 5.75 Å². The van der Waals surface area contributed by atoms with Crippen molar-refractivity contribution >= 4 is 23.2 Å². The predicted octanol–water partition coefficient (Wildman–Crippen LogP) is 4.40. The predicted molar refractivity (Wildman–Crippen MR) is 97.9 cm³/mol. The van der Waals surface area contributed by atoms with E-state index in [-0.39, 0.29) is 11.3 Å². The standard InChI is InChI=1S/C20H26ClNO3/c1-2-25-18-15(21)4-3-5-16(18)22-17(23)11-19-7-13-6-14(8-19)10-20(24,9-13)12-19/h3-5,13-14,24H,2,6-12H2,1H3,(H,22,23). The molecule has 2 unspecified atom stereocenters. The highest BCUT2D eigenvalue weighted by atomic mass is 35.5. The fourth-order valence-electron chi connectivity index (χ4n) is 6.04. The van der Waals surface area contributed by atoms with E-state index in [1.807, 2.05) is 19.1 Å². The molecule has 2 N–H and O–H groups in total. The Bertz CT molecular complexity index is 676. The van der Waals surface area contributed by atoms with E-state index in [1.165, 1.54) is 6.42 Å². The summed E-state index contributed by atoms with van der Waals surface area (Å²) in [7, 11) is 0. The molecule has 1 amide bonds. The summed E-state index contributed by atoms with van der Waals surface area (Å²) in [6.45, 7) is 2.39. The Hall–Kier alpha value is -1.26. The van der Waals surface area contributed by atoms with Crippen LogP contribution in [0.25, 0.3) is 0 Å². The first-order valence-corrected chi connectivity index (χ1v) is 9.72. The maximum absolute atomic E-state index is 12.8. The number of carbonyl (C=O) groups is 1. The van der Waals surface area contributed by atoms with E-state index in [1.54, 1.807) is 6.07 Å². The largest absolute Gasteiger partial charge is 0.490 e. The minimum Gasteiger partial charge on any atom is -0.490 e. The zero-order valence-electron chi connectivity index (χ0n) is 14.7. The van der Waals surface area contributed by atoms with Gasteiger partial charge in [-0.05, 0) is 74.8 Å². The Morgan fingerprint density at radius 1 is 1.32 bits per heavy atom. The fourth-order valence-corrected chi connectivity index (χ4v) is 6.27. The number of benzene rings is 1. The average Bonchev–Trinajstić information content (AvgIpc) is 2.47. The van der Waals surface area contributed by atoms with E-state index >= 15 is 0 Å². The van der Waals surface area contributed by atoms with E-state index in [4.69, 9.17) is 16.3 Å². The van der Waals surface area contributed by atoms with Gasteiger partial charge in [-0.2, -0.15) is 0 Å². The number of hydrogen-bond acceptors (Lipinski definition) is 3. The molecule has 1 aromatic rings. The lowest BCUT2D eigenvalue weighted by atomic mass is 9.47. The molecule has 1 aromatic carbocycles. The quantitative estimate of drug-likeness (QED) is 0.815. The number of hydrogen-bond donors (Lipinski definition) is 2. The normalized spacial score (nSPS) is 35.6. The molecule has 136 valence electrons. The Balaban J connectivity index is 1.49. The lowest BCUT2D eigenvalue weighted by Crippen LogP contribution is -2.56. The second-order valence-corrected chi connectivity index (χ2v) is 8.87. The number of anilines is 1. The maximum Gasteiger partial charge on any atom is 0.225 e. The highest BCUT2D eigenvalue weighted by Gasteiger charge is 2.57. The lowest BCUT2D eigenvalue weighted by molar-refractivity contribution is -0.167. The van der Waals surface area contributed by atoms with Crippen molar-refractivity contribution in [2.24, 2.45) is 17.3 Å². The third-order valence-electron chi connectivity index (χ3n) is 6.22. The summed E-state index contributed by atoms with van der Waals surface area (Å²) in [6.07, 6.45) is 6.48. The van der Waals surface area contributed by atoms with Gasteiger partial charge in [0.15, 0.2) is 5.75 Å². The minimum atomic E-state index is -0.531. The highest BCUT2D eigenvalue weighted by Crippen LogP contribution is 2.62. The molecule has 0 aliphatic heterocycles. The van der Waals surface area contributed by atoms with Crippen LogP contribution in [0.3, 0.4) is 0 Å². The van der Waals surface area contributed by atoms with E-state index < -0.39 is 5.60 Å². The Kier molecular flexibility index (Phi) is 4.24. The molecule has 2 atom stereocenters. The number of nitrogens with one attached hydrogen (secondary N) is 1. The molecule has 4 aliphatic rings. The first-order valence-electron chi connectivity index (χ1n) is 9.34. The number of aliphatic hydroxyl groups is 1. The van der Waals surface area contributed by atoms with Gasteiger partial charge >= 0.3 is 0 Å². The maximum atomic E-state index is 12.8. The first kappa shape index (κ1) is 17.2.